The number of amides is 1. The molecule has 0 saturated heterocycles. The number of thioether (sulfide) groups is 1. The van der Waals surface area contributed by atoms with Gasteiger partial charge >= 0.3 is 5.97 Å². The van der Waals surface area contributed by atoms with Crippen LogP contribution in [0.5, 0.6) is 17.2 Å². The van der Waals surface area contributed by atoms with Gasteiger partial charge in [-0.05, 0) is 36.8 Å². The third kappa shape index (κ3) is 6.45. The van der Waals surface area contributed by atoms with Gasteiger partial charge < -0.3 is 30.0 Å². The first-order valence-electron chi connectivity index (χ1n) is 11.2. The fourth-order valence-corrected chi connectivity index (χ4v) is 4.64. The van der Waals surface area contributed by atoms with Crippen molar-refractivity contribution in [2.45, 2.75) is 12.8 Å². The Morgan fingerprint density at radius 3 is 2.70 bits per heavy atom. The number of hydrogen-bond donors (Lipinski definition) is 3. The zero-order chi connectivity index (χ0) is 26.9. The molecule has 1 heterocycles. The van der Waals surface area contributed by atoms with Gasteiger partial charge in [-0.25, -0.2) is 4.79 Å². The van der Waals surface area contributed by atoms with Crippen molar-refractivity contribution in [1.82, 2.24) is 5.32 Å². The average molecular weight is 522 g/mol. The van der Waals surface area contributed by atoms with Crippen LogP contribution in [-0.2, 0) is 14.3 Å². The van der Waals surface area contributed by atoms with E-state index in [2.05, 4.69) is 23.3 Å². The quantitative estimate of drug-likeness (QED) is 0.311. The number of dihydropyridines is 1. The Morgan fingerprint density at radius 1 is 1.24 bits per heavy atom. The standard InChI is InChI=1S/C27H27N3O6S/c1-5-11-36-27(33)24-16(2)29-26(37-15-23(32)30-18-7-6-8-19(13-18)34-3)20(14-28)25(24)17-9-10-21(31)22(12-17)35-4/h5-10,12-13,25,29,31H,1,11,15H2,2-4H3,(H,30,32)/t25-/m0/s1. The molecular weight excluding hydrogens is 494 g/mol. The van der Waals surface area contributed by atoms with Gasteiger partial charge in [-0.2, -0.15) is 5.26 Å². The summed E-state index contributed by atoms with van der Waals surface area (Å²) in [5.41, 5.74) is 2.05. The summed E-state index contributed by atoms with van der Waals surface area (Å²) in [6.07, 6.45) is 1.45. The number of carbonyl (C=O) groups is 2. The van der Waals surface area contributed by atoms with E-state index < -0.39 is 11.9 Å². The highest BCUT2D eigenvalue weighted by molar-refractivity contribution is 8.03. The summed E-state index contributed by atoms with van der Waals surface area (Å²) < 4.78 is 15.7. The molecule has 0 aliphatic carbocycles. The number of hydrogen-bond acceptors (Lipinski definition) is 9. The van der Waals surface area contributed by atoms with E-state index in [-0.39, 0.29) is 40.9 Å². The molecule has 3 rings (SSSR count). The second kappa shape index (κ2) is 12.6. The molecule has 0 spiro atoms. The predicted molar refractivity (Wildman–Crippen MR) is 141 cm³/mol. The second-order valence-electron chi connectivity index (χ2n) is 7.84. The Morgan fingerprint density at radius 2 is 2.03 bits per heavy atom. The molecule has 192 valence electrons. The van der Waals surface area contributed by atoms with Gasteiger partial charge in [-0.3, -0.25) is 4.79 Å². The number of allylic oxidation sites excluding steroid dienone is 2. The van der Waals surface area contributed by atoms with Crippen LogP contribution in [0, 0.1) is 11.3 Å². The molecule has 3 N–H and O–H groups in total. The molecule has 0 radical (unpaired) electrons. The predicted octanol–water partition coefficient (Wildman–Crippen LogP) is 4.21. The van der Waals surface area contributed by atoms with Crippen LogP contribution < -0.4 is 20.1 Å². The molecular formula is C27H27N3O6S. The number of phenolic OH excluding ortho intramolecular Hbond substituents is 1. The fourth-order valence-electron chi connectivity index (χ4n) is 3.75. The number of nitriles is 1. The number of methoxy groups -OCH3 is 2. The summed E-state index contributed by atoms with van der Waals surface area (Å²) in [5, 5.41) is 26.5. The molecule has 2 aromatic rings. The van der Waals surface area contributed by atoms with Gasteiger partial charge in [0.2, 0.25) is 5.91 Å². The maximum Gasteiger partial charge on any atom is 0.337 e. The van der Waals surface area contributed by atoms with E-state index in [1.54, 1.807) is 50.4 Å². The Hall–Kier alpha value is -4.36. The molecule has 2 aromatic carbocycles. The first kappa shape index (κ1) is 27.2. The van der Waals surface area contributed by atoms with E-state index in [1.807, 2.05) is 0 Å². The van der Waals surface area contributed by atoms with Crippen molar-refractivity contribution in [3.8, 4) is 23.3 Å². The summed E-state index contributed by atoms with van der Waals surface area (Å²) in [6.45, 7) is 5.26. The first-order chi connectivity index (χ1) is 17.8. The lowest BCUT2D eigenvalue weighted by Gasteiger charge is -2.29. The van der Waals surface area contributed by atoms with Crippen LogP contribution in [0.4, 0.5) is 5.69 Å². The Labute approximate surface area is 219 Å². The van der Waals surface area contributed by atoms with Crippen molar-refractivity contribution in [2.75, 3.05) is 31.9 Å². The van der Waals surface area contributed by atoms with Gasteiger partial charge in [0.05, 0.1) is 48.1 Å². The lowest BCUT2D eigenvalue weighted by molar-refractivity contribution is -0.138. The second-order valence-corrected chi connectivity index (χ2v) is 8.82. The average Bonchev–Trinajstić information content (AvgIpc) is 2.90. The summed E-state index contributed by atoms with van der Waals surface area (Å²) in [6, 6.07) is 13.8. The van der Waals surface area contributed by atoms with Gasteiger partial charge in [0.25, 0.3) is 0 Å². The molecule has 9 nitrogen and oxygen atoms in total. The Kier molecular flexibility index (Phi) is 9.24. The molecule has 0 aromatic heterocycles. The molecule has 37 heavy (non-hydrogen) atoms. The molecule has 0 unspecified atom stereocenters. The zero-order valence-electron chi connectivity index (χ0n) is 20.7. The normalized spacial score (nSPS) is 14.8. The monoisotopic (exact) mass is 521 g/mol. The topological polar surface area (TPSA) is 130 Å². The van der Waals surface area contributed by atoms with Gasteiger partial charge in [0.15, 0.2) is 11.5 Å². The van der Waals surface area contributed by atoms with E-state index in [0.717, 1.165) is 11.8 Å². The van der Waals surface area contributed by atoms with Crippen LogP contribution in [0.15, 0.2) is 77.0 Å². The lowest BCUT2D eigenvalue weighted by atomic mass is 9.82. The number of benzene rings is 2. The van der Waals surface area contributed by atoms with E-state index in [4.69, 9.17) is 14.2 Å². The van der Waals surface area contributed by atoms with E-state index in [1.165, 1.54) is 19.3 Å². The largest absolute Gasteiger partial charge is 0.504 e. The smallest absolute Gasteiger partial charge is 0.337 e. The van der Waals surface area contributed by atoms with Gasteiger partial charge in [0, 0.05) is 17.5 Å². The van der Waals surface area contributed by atoms with Crippen molar-refractivity contribution >= 4 is 29.3 Å². The highest BCUT2D eigenvalue weighted by Crippen LogP contribution is 2.43. The number of aromatic hydroxyl groups is 1. The van der Waals surface area contributed by atoms with Gasteiger partial charge in [0.1, 0.15) is 12.4 Å². The molecule has 0 saturated carbocycles. The van der Waals surface area contributed by atoms with Crippen LogP contribution >= 0.6 is 11.8 Å². The minimum absolute atomic E-state index is 0.000133. The van der Waals surface area contributed by atoms with Crippen LogP contribution in [0.25, 0.3) is 0 Å². The van der Waals surface area contributed by atoms with Crippen molar-refractivity contribution in [1.29, 1.82) is 5.26 Å². The van der Waals surface area contributed by atoms with Crippen molar-refractivity contribution in [3.05, 3.63) is 82.6 Å². The Balaban J connectivity index is 1.94. The van der Waals surface area contributed by atoms with E-state index in [0.29, 0.717) is 27.7 Å². The van der Waals surface area contributed by atoms with Crippen LogP contribution in [0.2, 0.25) is 0 Å². The Bertz CT molecular complexity index is 1310. The number of phenols is 1. The summed E-state index contributed by atoms with van der Waals surface area (Å²) in [5.74, 6) is -1.00. The van der Waals surface area contributed by atoms with Gasteiger partial charge in [-0.1, -0.05) is 36.5 Å². The summed E-state index contributed by atoms with van der Waals surface area (Å²) >= 11 is 1.13. The molecule has 0 bridgehead atoms. The van der Waals surface area contributed by atoms with Crippen molar-refractivity contribution in [2.24, 2.45) is 0 Å². The minimum Gasteiger partial charge on any atom is -0.504 e. The molecule has 1 aliphatic rings. The zero-order valence-corrected chi connectivity index (χ0v) is 21.5. The highest BCUT2D eigenvalue weighted by atomic mass is 32.2. The third-order valence-electron chi connectivity index (χ3n) is 5.44. The van der Waals surface area contributed by atoms with Crippen LogP contribution in [0.3, 0.4) is 0 Å². The number of nitrogens with zero attached hydrogens (tertiary/aromatic N) is 1. The molecule has 1 aliphatic heterocycles. The SMILES string of the molecule is C=CCOC(=O)C1=C(C)NC(SCC(=O)Nc2cccc(OC)c2)=C(C#N)[C@@H]1c1ccc(O)c(OC)c1. The maximum atomic E-state index is 13.0. The summed E-state index contributed by atoms with van der Waals surface area (Å²) in [7, 11) is 2.95. The van der Waals surface area contributed by atoms with E-state index in [9.17, 15) is 20.0 Å². The molecule has 1 atom stereocenters. The number of anilines is 1. The number of esters is 1. The number of nitrogens with one attached hydrogen (secondary N) is 2. The first-order valence-corrected chi connectivity index (χ1v) is 12.1. The van der Waals surface area contributed by atoms with Crippen LogP contribution in [-0.4, -0.2) is 43.6 Å². The highest BCUT2D eigenvalue weighted by Gasteiger charge is 2.36. The fraction of sp³-hybridized carbons (Fsp3) is 0.222. The third-order valence-corrected chi connectivity index (χ3v) is 6.46. The van der Waals surface area contributed by atoms with Gasteiger partial charge in [-0.15, -0.1) is 0 Å². The number of ether oxygens (including phenoxy) is 3. The number of rotatable bonds is 10. The molecule has 1 amide bonds. The lowest BCUT2D eigenvalue weighted by Crippen LogP contribution is -2.29. The summed E-state index contributed by atoms with van der Waals surface area (Å²) in [4.78, 5) is 25.6. The van der Waals surface area contributed by atoms with E-state index >= 15 is 0 Å². The maximum absolute atomic E-state index is 13.0. The molecule has 10 heteroatoms. The van der Waals surface area contributed by atoms with Crippen molar-refractivity contribution in [3.63, 3.8) is 0 Å². The van der Waals surface area contributed by atoms with Crippen molar-refractivity contribution < 1.29 is 28.9 Å². The molecule has 0 fully saturated rings. The number of carbonyl (C=O) groups excluding carboxylic acids is 2. The minimum atomic E-state index is -0.818. The van der Waals surface area contributed by atoms with Crippen LogP contribution in [0.1, 0.15) is 18.4 Å².